The Morgan fingerprint density at radius 1 is 0.895 bits per heavy atom. The lowest BCUT2D eigenvalue weighted by Crippen LogP contribution is -1.93. The third-order valence-electron chi connectivity index (χ3n) is 3.37. The Morgan fingerprint density at radius 3 is 2.32 bits per heavy atom. The zero-order chi connectivity index (χ0) is 13.2. The van der Waals surface area contributed by atoms with Crippen molar-refractivity contribution in [3.8, 4) is 22.5 Å². The van der Waals surface area contributed by atoms with Crippen molar-refractivity contribution >= 4 is 0 Å². The number of aryl methyl sites for hydroxylation is 2. The normalized spacial score (nSPS) is 10.6. The molecule has 0 unspecified atom stereocenters. The molecule has 0 spiro atoms. The fourth-order valence-electron chi connectivity index (χ4n) is 2.34. The van der Waals surface area contributed by atoms with Crippen molar-refractivity contribution in [2.24, 2.45) is 7.05 Å². The molecule has 0 aliphatic rings. The van der Waals surface area contributed by atoms with Gasteiger partial charge in [-0.3, -0.25) is 4.68 Å². The van der Waals surface area contributed by atoms with Crippen LogP contribution < -0.4 is 0 Å². The minimum Gasteiger partial charge on any atom is -0.267 e. The third-order valence-corrected chi connectivity index (χ3v) is 3.37. The van der Waals surface area contributed by atoms with Gasteiger partial charge in [-0.15, -0.1) is 0 Å². The van der Waals surface area contributed by atoms with Gasteiger partial charge in [-0.25, -0.2) is 0 Å². The van der Waals surface area contributed by atoms with Crippen LogP contribution in [0.2, 0.25) is 0 Å². The van der Waals surface area contributed by atoms with Crippen LogP contribution in [-0.4, -0.2) is 9.78 Å². The van der Waals surface area contributed by atoms with Crippen molar-refractivity contribution in [1.29, 1.82) is 0 Å². The van der Waals surface area contributed by atoms with Gasteiger partial charge < -0.3 is 0 Å². The molecule has 0 aliphatic carbocycles. The molecule has 0 bridgehead atoms. The summed E-state index contributed by atoms with van der Waals surface area (Å²) in [5.74, 6) is 0. The van der Waals surface area contributed by atoms with Gasteiger partial charge in [-0.2, -0.15) is 5.10 Å². The summed E-state index contributed by atoms with van der Waals surface area (Å²) in [7, 11) is 1.99. The molecular formula is C17H16N2. The first-order chi connectivity index (χ1) is 9.25. The summed E-state index contributed by atoms with van der Waals surface area (Å²) >= 11 is 0. The molecule has 0 fully saturated rings. The molecule has 1 heterocycles. The second-order valence-corrected chi connectivity index (χ2v) is 4.72. The smallest absolute Gasteiger partial charge is 0.0932 e. The molecule has 1 aromatic heterocycles. The molecule has 0 amide bonds. The van der Waals surface area contributed by atoms with Gasteiger partial charge in [-0.1, -0.05) is 54.6 Å². The van der Waals surface area contributed by atoms with E-state index in [2.05, 4.69) is 66.6 Å². The van der Waals surface area contributed by atoms with E-state index in [1.165, 1.54) is 16.7 Å². The molecule has 0 saturated heterocycles. The summed E-state index contributed by atoms with van der Waals surface area (Å²) < 4.78 is 1.94. The van der Waals surface area contributed by atoms with Crippen LogP contribution in [0.25, 0.3) is 22.5 Å². The first kappa shape index (κ1) is 11.7. The average Bonchev–Trinajstić information content (AvgIpc) is 2.82. The van der Waals surface area contributed by atoms with Crippen LogP contribution in [0, 0.1) is 6.92 Å². The molecule has 19 heavy (non-hydrogen) atoms. The van der Waals surface area contributed by atoms with E-state index in [0.29, 0.717) is 0 Å². The summed E-state index contributed by atoms with van der Waals surface area (Å²) in [4.78, 5) is 0. The maximum Gasteiger partial charge on any atom is 0.0932 e. The van der Waals surface area contributed by atoms with Crippen LogP contribution in [0.15, 0.2) is 60.7 Å². The minimum atomic E-state index is 1.03. The summed E-state index contributed by atoms with van der Waals surface area (Å²) in [6.07, 6.45) is 0. The fraction of sp³-hybridized carbons (Fsp3) is 0.118. The molecule has 0 aliphatic heterocycles. The number of aromatic nitrogens is 2. The Bertz CT molecular complexity index is 696. The molecule has 3 aromatic rings. The number of benzene rings is 2. The van der Waals surface area contributed by atoms with Gasteiger partial charge in [0.05, 0.1) is 11.4 Å². The van der Waals surface area contributed by atoms with Gasteiger partial charge in [-0.05, 0) is 24.1 Å². The molecular weight excluding hydrogens is 232 g/mol. The lowest BCUT2D eigenvalue weighted by atomic mass is 10.0. The van der Waals surface area contributed by atoms with Crippen LogP contribution in [0.1, 0.15) is 5.56 Å². The van der Waals surface area contributed by atoms with Crippen molar-refractivity contribution in [3.05, 3.63) is 66.2 Å². The topological polar surface area (TPSA) is 17.8 Å². The predicted molar refractivity (Wildman–Crippen MR) is 78.8 cm³/mol. The maximum atomic E-state index is 4.63. The second-order valence-electron chi connectivity index (χ2n) is 4.72. The second kappa shape index (κ2) is 4.73. The van der Waals surface area contributed by atoms with Crippen molar-refractivity contribution in [2.75, 3.05) is 0 Å². The largest absolute Gasteiger partial charge is 0.267 e. The van der Waals surface area contributed by atoms with E-state index in [1.807, 2.05) is 17.8 Å². The Balaban J connectivity index is 2.10. The Labute approximate surface area is 113 Å². The highest BCUT2D eigenvalue weighted by Gasteiger charge is 2.10. The number of hydrogen-bond donors (Lipinski definition) is 0. The molecule has 2 heteroatoms. The standard InChI is InChI=1S/C17H16N2/c1-13-8-6-7-11-15(13)16-12-17(19(2)18-16)14-9-4-3-5-10-14/h3-12H,1-2H3. The Hall–Kier alpha value is -2.35. The van der Waals surface area contributed by atoms with Gasteiger partial charge in [0.15, 0.2) is 0 Å². The fourth-order valence-corrected chi connectivity index (χ4v) is 2.34. The Morgan fingerprint density at radius 2 is 1.58 bits per heavy atom. The highest BCUT2D eigenvalue weighted by molar-refractivity contribution is 5.70. The number of rotatable bonds is 2. The Kier molecular flexibility index (Phi) is 2.92. The molecule has 0 radical (unpaired) electrons. The van der Waals surface area contributed by atoms with E-state index in [9.17, 15) is 0 Å². The SMILES string of the molecule is Cc1ccccc1-c1cc(-c2ccccc2)n(C)n1. The van der Waals surface area contributed by atoms with Crippen molar-refractivity contribution < 1.29 is 0 Å². The van der Waals surface area contributed by atoms with Crippen LogP contribution in [0.5, 0.6) is 0 Å². The van der Waals surface area contributed by atoms with Gasteiger partial charge in [0, 0.05) is 12.6 Å². The van der Waals surface area contributed by atoms with Crippen LogP contribution >= 0.6 is 0 Å². The lowest BCUT2D eigenvalue weighted by molar-refractivity contribution is 0.779. The van der Waals surface area contributed by atoms with Gasteiger partial charge in [0.2, 0.25) is 0 Å². The summed E-state index contributed by atoms with van der Waals surface area (Å²) in [6.45, 7) is 2.12. The van der Waals surface area contributed by atoms with E-state index in [1.54, 1.807) is 0 Å². The molecule has 0 atom stereocenters. The van der Waals surface area contributed by atoms with Crippen LogP contribution in [0.3, 0.4) is 0 Å². The maximum absolute atomic E-state index is 4.63. The summed E-state index contributed by atoms with van der Waals surface area (Å²) in [5, 5.41) is 4.63. The van der Waals surface area contributed by atoms with Gasteiger partial charge >= 0.3 is 0 Å². The molecule has 2 aromatic carbocycles. The summed E-state index contributed by atoms with van der Waals surface area (Å²) in [6, 6.07) is 20.8. The monoisotopic (exact) mass is 248 g/mol. The van der Waals surface area contributed by atoms with E-state index in [-0.39, 0.29) is 0 Å². The first-order valence-corrected chi connectivity index (χ1v) is 6.41. The quantitative estimate of drug-likeness (QED) is 0.668. The van der Waals surface area contributed by atoms with E-state index in [0.717, 1.165) is 11.4 Å². The average molecular weight is 248 g/mol. The molecule has 0 N–H and O–H groups in total. The highest BCUT2D eigenvalue weighted by Crippen LogP contribution is 2.27. The minimum absolute atomic E-state index is 1.03. The molecule has 3 rings (SSSR count). The first-order valence-electron chi connectivity index (χ1n) is 6.41. The van der Waals surface area contributed by atoms with E-state index < -0.39 is 0 Å². The van der Waals surface area contributed by atoms with Gasteiger partial charge in [0.25, 0.3) is 0 Å². The van der Waals surface area contributed by atoms with Gasteiger partial charge in [0.1, 0.15) is 0 Å². The molecule has 94 valence electrons. The summed E-state index contributed by atoms with van der Waals surface area (Å²) in [5.41, 5.74) is 5.80. The van der Waals surface area contributed by atoms with Crippen molar-refractivity contribution in [3.63, 3.8) is 0 Å². The number of hydrogen-bond acceptors (Lipinski definition) is 1. The molecule has 2 nitrogen and oxygen atoms in total. The lowest BCUT2D eigenvalue weighted by Gasteiger charge is -2.00. The van der Waals surface area contributed by atoms with Crippen LogP contribution in [-0.2, 0) is 7.05 Å². The van der Waals surface area contributed by atoms with Crippen molar-refractivity contribution in [2.45, 2.75) is 6.92 Å². The van der Waals surface area contributed by atoms with E-state index >= 15 is 0 Å². The van der Waals surface area contributed by atoms with Crippen LogP contribution in [0.4, 0.5) is 0 Å². The highest BCUT2D eigenvalue weighted by atomic mass is 15.3. The number of nitrogens with zero attached hydrogens (tertiary/aromatic N) is 2. The zero-order valence-corrected chi connectivity index (χ0v) is 11.2. The predicted octanol–water partition coefficient (Wildman–Crippen LogP) is 4.06. The third kappa shape index (κ3) is 2.17. The zero-order valence-electron chi connectivity index (χ0n) is 11.2. The van der Waals surface area contributed by atoms with E-state index in [4.69, 9.17) is 0 Å². The van der Waals surface area contributed by atoms with Crippen molar-refractivity contribution in [1.82, 2.24) is 9.78 Å². The molecule has 0 saturated carbocycles.